The highest BCUT2D eigenvalue weighted by atomic mass is 35.5. The van der Waals surface area contributed by atoms with Crippen LogP contribution in [0.25, 0.3) is 11.4 Å². The van der Waals surface area contributed by atoms with E-state index in [1.54, 1.807) is 0 Å². The number of halogens is 1. The first-order valence-corrected chi connectivity index (χ1v) is 6.06. The highest BCUT2D eigenvalue weighted by Gasteiger charge is 2.21. The fourth-order valence-electron chi connectivity index (χ4n) is 2.14. The first kappa shape index (κ1) is 13.1. The molecular formula is C13H16ClN3O. The van der Waals surface area contributed by atoms with E-state index in [1.165, 1.54) is 12.8 Å². The number of aromatic nitrogens is 2. The minimum atomic E-state index is 0. The molecule has 1 aromatic carbocycles. The van der Waals surface area contributed by atoms with Crippen LogP contribution in [0.2, 0.25) is 0 Å². The van der Waals surface area contributed by atoms with Gasteiger partial charge in [0.2, 0.25) is 11.7 Å². The van der Waals surface area contributed by atoms with Gasteiger partial charge >= 0.3 is 0 Å². The summed E-state index contributed by atoms with van der Waals surface area (Å²) in [5.41, 5.74) is 0.998. The van der Waals surface area contributed by atoms with E-state index >= 15 is 0 Å². The second-order valence-corrected chi connectivity index (χ2v) is 4.32. The second-order valence-electron chi connectivity index (χ2n) is 4.32. The molecule has 0 unspecified atom stereocenters. The molecule has 5 heteroatoms. The lowest BCUT2D eigenvalue weighted by atomic mass is 10.1. The summed E-state index contributed by atoms with van der Waals surface area (Å²) in [5.74, 6) is 1.39. The van der Waals surface area contributed by atoms with E-state index in [9.17, 15) is 0 Å². The summed E-state index contributed by atoms with van der Waals surface area (Å²) in [6.07, 6.45) is 3.54. The Morgan fingerprint density at radius 1 is 1.17 bits per heavy atom. The van der Waals surface area contributed by atoms with E-state index in [0.717, 1.165) is 18.5 Å². The molecule has 0 bridgehead atoms. The van der Waals surface area contributed by atoms with Gasteiger partial charge in [0.25, 0.3) is 0 Å². The van der Waals surface area contributed by atoms with Crippen LogP contribution in [0.4, 0.5) is 0 Å². The maximum absolute atomic E-state index is 5.33. The summed E-state index contributed by atoms with van der Waals surface area (Å²) in [7, 11) is 0. The molecule has 4 nitrogen and oxygen atoms in total. The van der Waals surface area contributed by atoms with Gasteiger partial charge in [-0.2, -0.15) is 4.98 Å². The Kier molecular flexibility index (Phi) is 4.33. The Bertz CT molecular complexity index is 480. The molecule has 0 amide bonds. The molecular weight excluding hydrogens is 250 g/mol. The molecule has 1 aliphatic rings. The fourth-order valence-corrected chi connectivity index (χ4v) is 2.14. The van der Waals surface area contributed by atoms with Crippen LogP contribution >= 0.6 is 12.4 Å². The van der Waals surface area contributed by atoms with Crippen molar-refractivity contribution >= 4 is 12.4 Å². The Balaban J connectivity index is 0.00000120. The summed E-state index contributed by atoms with van der Waals surface area (Å²) in [5, 5.41) is 7.44. The molecule has 1 atom stereocenters. The lowest BCUT2D eigenvalue weighted by Crippen LogP contribution is -2.26. The monoisotopic (exact) mass is 265 g/mol. The zero-order valence-electron chi connectivity index (χ0n) is 10.0. The SMILES string of the molecule is Cl.c1ccc(-c2noc([C@H]3CCCCN3)n2)cc1. The average Bonchev–Trinajstić information content (AvgIpc) is 2.90. The average molecular weight is 266 g/mol. The van der Waals surface area contributed by atoms with Crippen LogP contribution in [0.15, 0.2) is 34.9 Å². The first-order valence-electron chi connectivity index (χ1n) is 6.06. The summed E-state index contributed by atoms with van der Waals surface area (Å²) < 4.78 is 5.33. The van der Waals surface area contributed by atoms with Crippen molar-refractivity contribution in [1.82, 2.24) is 15.5 Å². The molecule has 0 aliphatic carbocycles. The molecule has 1 aromatic heterocycles. The van der Waals surface area contributed by atoms with Gasteiger partial charge in [-0.25, -0.2) is 0 Å². The molecule has 2 aromatic rings. The van der Waals surface area contributed by atoms with Gasteiger partial charge in [0, 0.05) is 5.56 Å². The smallest absolute Gasteiger partial charge is 0.244 e. The Morgan fingerprint density at radius 3 is 2.72 bits per heavy atom. The molecule has 18 heavy (non-hydrogen) atoms. The Hall–Kier alpha value is -1.39. The molecule has 2 heterocycles. The van der Waals surface area contributed by atoms with E-state index in [2.05, 4.69) is 15.5 Å². The predicted molar refractivity (Wildman–Crippen MR) is 71.6 cm³/mol. The normalized spacial score (nSPS) is 19.2. The van der Waals surface area contributed by atoms with Crippen LogP contribution in [-0.4, -0.2) is 16.7 Å². The third-order valence-corrected chi connectivity index (χ3v) is 3.08. The van der Waals surface area contributed by atoms with Crippen LogP contribution in [0.1, 0.15) is 31.2 Å². The van der Waals surface area contributed by atoms with E-state index in [1.807, 2.05) is 30.3 Å². The highest BCUT2D eigenvalue weighted by molar-refractivity contribution is 5.85. The Labute approximate surface area is 112 Å². The quantitative estimate of drug-likeness (QED) is 0.907. The molecule has 0 spiro atoms. The number of benzene rings is 1. The lowest BCUT2D eigenvalue weighted by molar-refractivity contribution is 0.297. The van der Waals surface area contributed by atoms with Gasteiger partial charge in [-0.15, -0.1) is 12.4 Å². The van der Waals surface area contributed by atoms with Crippen molar-refractivity contribution < 1.29 is 4.52 Å². The number of piperidine rings is 1. The van der Waals surface area contributed by atoms with Crippen molar-refractivity contribution in [2.24, 2.45) is 0 Å². The number of hydrogen-bond donors (Lipinski definition) is 1. The van der Waals surface area contributed by atoms with E-state index in [-0.39, 0.29) is 18.4 Å². The predicted octanol–water partition coefficient (Wildman–Crippen LogP) is 2.97. The minimum absolute atomic E-state index is 0. The maximum atomic E-state index is 5.33. The number of rotatable bonds is 2. The van der Waals surface area contributed by atoms with E-state index in [0.29, 0.717) is 11.7 Å². The number of hydrogen-bond acceptors (Lipinski definition) is 4. The van der Waals surface area contributed by atoms with Crippen LogP contribution < -0.4 is 5.32 Å². The first-order chi connectivity index (χ1) is 8.43. The Morgan fingerprint density at radius 2 is 2.00 bits per heavy atom. The van der Waals surface area contributed by atoms with E-state index < -0.39 is 0 Å². The minimum Gasteiger partial charge on any atom is -0.337 e. The lowest BCUT2D eigenvalue weighted by Gasteiger charge is -2.19. The molecule has 1 aliphatic heterocycles. The molecule has 96 valence electrons. The largest absolute Gasteiger partial charge is 0.337 e. The van der Waals surface area contributed by atoms with Gasteiger partial charge in [-0.1, -0.05) is 41.9 Å². The van der Waals surface area contributed by atoms with Crippen molar-refractivity contribution in [3.05, 3.63) is 36.2 Å². The summed E-state index contributed by atoms with van der Waals surface area (Å²) >= 11 is 0. The van der Waals surface area contributed by atoms with Crippen molar-refractivity contribution in [1.29, 1.82) is 0 Å². The van der Waals surface area contributed by atoms with Crippen molar-refractivity contribution in [3.8, 4) is 11.4 Å². The standard InChI is InChI=1S/C13H15N3O.ClH/c1-2-6-10(7-3-1)12-15-13(17-16-12)11-8-4-5-9-14-11;/h1-3,6-7,11,14H,4-5,8-9H2;1H/t11-;/m1./s1. The van der Waals surface area contributed by atoms with Gasteiger partial charge in [0.15, 0.2) is 0 Å². The molecule has 0 radical (unpaired) electrons. The third kappa shape index (κ3) is 2.71. The summed E-state index contributed by atoms with van der Waals surface area (Å²) in [4.78, 5) is 4.46. The number of nitrogens with one attached hydrogen (secondary N) is 1. The van der Waals surface area contributed by atoms with Crippen LogP contribution in [0.3, 0.4) is 0 Å². The fraction of sp³-hybridized carbons (Fsp3) is 0.385. The molecule has 1 N–H and O–H groups in total. The van der Waals surface area contributed by atoms with Crippen LogP contribution in [0, 0.1) is 0 Å². The van der Waals surface area contributed by atoms with Crippen LogP contribution in [-0.2, 0) is 0 Å². The number of nitrogens with zero attached hydrogens (tertiary/aromatic N) is 2. The molecule has 1 fully saturated rings. The van der Waals surface area contributed by atoms with Gasteiger partial charge < -0.3 is 9.84 Å². The third-order valence-electron chi connectivity index (χ3n) is 3.08. The second kappa shape index (κ2) is 5.98. The molecule has 3 rings (SSSR count). The van der Waals surface area contributed by atoms with Gasteiger partial charge in [0.1, 0.15) is 0 Å². The summed E-state index contributed by atoms with van der Waals surface area (Å²) in [6, 6.07) is 10.1. The maximum Gasteiger partial charge on any atom is 0.244 e. The van der Waals surface area contributed by atoms with Gasteiger partial charge in [-0.3, -0.25) is 0 Å². The van der Waals surface area contributed by atoms with Crippen molar-refractivity contribution in [2.75, 3.05) is 6.54 Å². The van der Waals surface area contributed by atoms with Crippen molar-refractivity contribution in [2.45, 2.75) is 25.3 Å². The topological polar surface area (TPSA) is 51.0 Å². The summed E-state index contributed by atoms with van der Waals surface area (Å²) in [6.45, 7) is 1.04. The highest BCUT2D eigenvalue weighted by Crippen LogP contribution is 2.23. The van der Waals surface area contributed by atoms with Crippen molar-refractivity contribution in [3.63, 3.8) is 0 Å². The zero-order valence-corrected chi connectivity index (χ0v) is 10.8. The van der Waals surface area contributed by atoms with E-state index in [4.69, 9.17) is 4.52 Å². The molecule has 0 saturated carbocycles. The van der Waals surface area contributed by atoms with Gasteiger partial charge in [-0.05, 0) is 19.4 Å². The zero-order chi connectivity index (χ0) is 11.5. The van der Waals surface area contributed by atoms with Crippen LogP contribution in [0.5, 0.6) is 0 Å². The van der Waals surface area contributed by atoms with Gasteiger partial charge in [0.05, 0.1) is 6.04 Å². The molecule has 1 saturated heterocycles.